The van der Waals surface area contributed by atoms with Gasteiger partial charge in [0.15, 0.2) is 5.16 Å². The van der Waals surface area contributed by atoms with E-state index in [4.69, 9.17) is 10.00 Å². The average Bonchev–Trinajstić information content (AvgIpc) is 2.89. The van der Waals surface area contributed by atoms with Crippen LogP contribution < -0.4 is 4.74 Å². The number of hydrogen-bond acceptors (Lipinski definition) is 4. The highest BCUT2D eigenvalue weighted by Crippen LogP contribution is 2.30. The van der Waals surface area contributed by atoms with E-state index in [1.54, 1.807) is 13.2 Å². The van der Waals surface area contributed by atoms with Crippen molar-refractivity contribution < 1.29 is 4.74 Å². The first-order chi connectivity index (χ1) is 9.80. The number of aromatic nitrogens is 2. The van der Waals surface area contributed by atoms with Crippen molar-refractivity contribution >= 4 is 22.8 Å². The highest BCUT2D eigenvalue weighted by atomic mass is 32.2. The van der Waals surface area contributed by atoms with Gasteiger partial charge in [0, 0.05) is 11.0 Å². The van der Waals surface area contributed by atoms with Crippen LogP contribution >= 0.6 is 11.8 Å². The van der Waals surface area contributed by atoms with E-state index in [0.717, 1.165) is 26.8 Å². The third-order valence-electron chi connectivity index (χ3n) is 2.88. The van der Waals surface area contributed by atoms with Gasteiger partial charge >= 0.3 is 0 Å². The van der Waals surface area contributed by atoms with Crippen molar-refractivity contribution in [1.29, 1.82) is 5.26 Å². The minimum Gasteiger partial charge on any atom is -0.497 e. The van der Waals surface area contributed by atoms with Crippen molar-refractivity contribution in [2.24, 2.45) is 0 Å². The van der Waals surface area contributed by atoms with Gasteiger partial charge in [0.1, 0.15) is 11.8 Å². The van der Waals surface area contributed by atoms with Crippen LogP contribution in [-0.4, -0.2) is 17.1 Å². The Kier molecular flexibility index (Phi) is 3.32. The maximum atomic E-state index is 9.09. The van der Waals surface area contributed by atoms with E-state index in [9.17, 15) is 0 Å². The first kappa shape index (κ1) is 12.6. The van der Waals surface area contributed by atoms with E-state index in [1.807, 2.05) is 36.4 Å². The molecule has 0 saturated heterocycles. The number of nitrogens with one attached hydrogen (secondary N) is 1. The predicted octanol–water partition coefficient (Wildman–Crippen LogP) is 3.59. The molecule has 1 heterocycles. The lowest BCUT2D eigenvalue weighted by Crippen LogP contribution is -1.81. The molecule has 0 amide bonds. The molecule has 0 fully saturated rings. The first-order valence-corrected chi connectivity index (χ1v) is 6.82. The minimum atomic E-state index is 0.649. The summed E-state index contributed by atoms with van der Waals surface area (Å²) in [7, 11) is 1.64. The Balaban J connectivity index is 1.97. The largest absolute Gasteiger partial charge is 0.497 e. The molecule has 0 bridgehead atoms. The second kappa shape index (κ2) is 5.27. The van der Waals surface area contributed by atoms with E-state index < -0.39 is 0 Å². The van der Waals surface area contributed by atoms with Crippen molar-refractivity contribution in [3.05, 3.63) is 48.0 Å². The fraction of sp³-hybridized carbons (Fsp3) is 0.0667. The van der Waals surface area contributed by atoms with E-state index in [-0.39, 0.29) is 0 Å². The van der Waals surface area contributed by atoms with Gasteiger partial charge in [-0.1, -0.05) is 23.9 Å². The molecule has 98 valence electrons. The third-order valence-corrected chi connectivity index (χ3v) is 3.84. The minimum absolute atomic E-state index is 0.649. The Morgan fingerprint density at radius 3 is 2.90 bits per heavy atom. The molecule has 3 aromatic rings. The quantitative estimate of drug-likeness (QED) is 0.797. The molecule has 5 heteroatoms. The zero-order valence-corrected chi connectivity index (χ0v) is 11.6. The van der Waals surface area contributed by atoms with Crippen LogP contribution in [0.4, 0.5) is 0 Å². The number of hydrogen-bond donors (Lipinski definition) is 1. The molecule has 0 unspecified atom stereocenters. The number of aromatic amines is 1. The zero-order valence-electron chi connectivity index (χ0n) is 10.8. The number of nitrogens with zero attached hydrogens (tertiary/aromatic N) is 2. The van der Waals surface area contributed by atoms with Gasteiger partial charge in [-0.05, 0) is 24.3 Å². The van der Waals surface area contributed by atoms with Crippen LogP contribution in [0.2, 0.25) is 0 Å². The third kappa shape index (κ3) is 2.33. The molecule has 20 heavy (non-hydrogen) atoms. The zero-order chi connectivity index (χ0) is 13.9. The van der Waals surface area contributed by atoms with Gasteiger partial charge < -0.3 is 9.72 Å². The lowest BCUT2D eigenvalue weighted by atomic mass is 10.2. The fourth-order valence-electron chi connectivity index (χ4n) is 1.89. The molecule has 2 aromatic carbocycles. The maximum absolute atomic E-state index is 9.09. The maximum Gasteiger partial charge on any atom is 0.171 e. The van der Waals surface area contributed by atoms with Gasteiger partial charge in [-0.2, -0.15) is 5.26 Å². The summed E-state index contributed by atoms with van der Waals surface area (Å²) in [5.74, 6) is 0.787. The van der Waals surface area contributed by atoms with Crippen LogP contribution in [0.5, 0.6) is 5.75 Å². The lowest BCUT2D eigenvalue weighted by molar-refractivity contribution is 0.415. The molecule has 3 rings (SSSR count). The summed E-state index contributed by atoms with van der Waals surface area (Å²) in [6.07, 6.45) is 0. The number of nitriles is 1. The summed E-state index contributed by atoms with van der Waals surface area (Å²) < 4.78 is 5.19. The lowest BCUT2D eigenvalue weighted by Gasteiger charge is -1.99. The highest BCUT2D eigenvalue weighted by molar-refractivity contribution is 7.99. The second-order valence-corrected chi connectivity index (χ2v) is 5.17. The van der Waals surface area contributed by atoms with Gasteiger partial charge in [0.2, 0.25) is 0 Å². The van der Waals surface area contributed by atoms with E-state index >= 15 is 0 Å². The van der Waals surface area contributed by atoms with Gasteiger partial charge in [-0.15, -0.1) is 0 Å². The molecule has 4 nitrogen and oxygen atoms in total. The van der Waals surface area contributed by atoms with Crippen LogP contribution in [0, 0.1) is 11.3 Å². The Hall–Kier alpha value is -2.45. The Bertz CT molecular complexity index is 804. The smallest absolute Gasteiger partial charge is 0.171 e. The predicted molar refractivity (Wildman–Crippen MR) is 77.9 cm³/mol. The van der Waals surface area contributed by atoms with Crippen LogP contribution in [0.1, 0.15) is 5.56 Å². The van der Waals surface area contributed by atoms with Gasteiger partial charge in [-0.3, -0.25) is 0 Å². The number of methoxy groups -OCH3 is 1. The average molecular weight is 281 g/mol. The molecule has 0 aliphatic rings. The van der Waals surface area contributed by atoms with E-state index in [0.29, 0.717) is 5.56 Å². The van der Waals surface area contributed by atoms with Gasteiger partial charge in [0.25, 0.3) is 0 Å². The molecule has 0 atom stereocenters. The van der Waals surface area contributed by atoms with E-state index in [1.165, 1.54) is 11.8 Å². The number of ether oxygens (including phenoxy) is 1. The molecular weight excluding hydrogens is 270 g/mol. The molecule has 1 aromatic heterocycles. The summed E-state index contributed by atoms with van der Waals surface area (Å²) in [6, 6.07) is 15.4. The topological polar surface area (TPSA) is 61.7 Å². The van der Waals surface area contributed by atoms with Crippen LogP contribution in [-0.2, 0) is 0 Å². The molecule has 0 aliphatic carbocycles. The van der Waals surface area contributed by atoms with Crippen LogP contribution in [0.15, 0.2) is 52.5 Å². The van der Waals surface area contributed by atoms with Crippen molar-refractivity contribution in [3.63, 3.8) is 0 Å². The van der Waals surface area contributed by atoms with Gasteiger partial charge in [0.05, 0.1) is 23.7 Å². The van der Waals surface area contributed by atoms with Crippen molar-refractivity contribution in [1.82, 2.24) is 9.97 Å². The monoisotopic (exact) mass is 281 g/mol. The fourth-order valence-corrected chi connectivity index (χ4v) is 2.78. The summed E-state index contributed by atoms with van der Waals surface area (Å²) >= 11 is 1.45. The SMILES string of the molecule is COc1ccc2nc(Sc3ccccc3C#N)[nH]c2c1. The summed E-state index contributed by atoms with van der Waals surface area (Å²) in [4.78, 5) is 8.62. The Labute approximate surface area is 120 Å². The summed E-state index contributed by atoms with van der Waals surface area (Å²) in [5.41, 5.74) is 2.44. The molecule has 0 aliphatic heterocycles. The summed E-state index contributed by atoms with van der Waals surface area (Å²) in [6.45, 7) is 0. The molecular formula is C15H11N3OS. The van der Waals surface area contributed by atoms with Crippen molar-refractivity contribution in [2.45, 2.75) is 10.1 Å². The summed E-state index contributed by atoms with van der Waals surface area (Å²) in [5, 5.41) is 9.85. The van der Waals surface area contributed by atoms with Crippen LogP contribution in [0.3, 0.4) is 0 Å². The Morgan fingerprint density at radius 1 is 1.25 bits per heavy atom. The highest BCUT2D eigenvalue weighted by Gasteiger charge is 2.08. The second-order valence-electron chi connectivity index (χ2n) is 4.14. The normalized spacial score (nSPS) is 10.4. The standard InChI is InChI=1S/C15H11N3OS/c1-19-11-6-7-12-13(8-11)18-15(17-12)20-14-5-3-2-4-10(14)9-16/h2-8H,1H3,(H,17,18). The Morgan fingerprint density at radius 2 is 2.10 bits per heavy atom. The molecule has 0 saturated carbocycles. The molecule has 0 radical (unpaired) electrons. The van der Waals surface area contributed by atoms with Crippen molar-refractivity contribution in [3.8, 4) is 11.8 Å². The van der Waals surface area contributed by atoms with Crippen LogP contribution in [0.25, 0.3) is 11.0 Å². The number of H-pyrrole nitrogens is 1. The first-order valence-electron chi connectivity index (χ1n) is 6.01. The van der Waals surface area contributed by atoms with Gasteiger partial charge in [-0.25, -0.2) is 4.98 Å². The number of fused-ring (bicyclic) bond motifs is 1. The van der Waals surface area contributed by atoms with E-state index in [2.05, 4.69) is 16.0 Å². The number of rotatable bonds is 3. The number of imidazole rings is 1. The number of benzene rings is 2. The molecule has 1 N–H and O–H groups in total. The molecule has 0 spiro atoms. The van der Waals surface area contributed by atoms with Crippen molar-refractivity contribution in [2.75, 3.05) is 7.11 Å².